The highest BCUT2D eigenvalue weighted by Gasteiger charge is 2.15. The molecule has 0 aliphatic carbocycles. The Hall–Kier alpha value is -1.98. The zero-order valence-electron chi connectivity index (χ0n) is 12.6. The Kier molecular flexibility index (Phi) is 5.61. The number of anilines is 2. The fourth-order valence-corrected chi connectivity index (χ4v) is 1.54. The summed E-state index contributed by atoms with van der Waals surface area (Å²) in [5, 5.41) is 5.83. The van der Waals surface area contributed by atoms with Gasteiger partial charge in [-0.3, -0.25) is 0 Å². The van der Waals surface area contributed by atoms with E-state index in [1.54, 1.807) is 6.20 Å². The van der Waals surface area contributed by atoms with Crippen molar-refractivity contribution in [2.75, 3.05) is 24.1 Å². The SMILES string of the molecule is Cc1cnc(NCCCNC(=O)OC(C)(C)C)c(N)c1. The summed E-state index contributed by atoms with van der Waals surface area (Å²) >= 11 is 0. The average Bonchev–Trinajstić information content (AvgIpc) is 2.28. The highest BCUT2D eigenvalue weighted by Crippen LogP contribution is 2.15. The number of ether oxygens (including phenoxy) is 1. The Morgan fingerprint density at radius 2 is 2.10 bits per heavy atom. The monoisotopic (exact) mass is 280 g/mol. The number of nitrogens with zero attached hydrogens (tertiary/aromatic N) is 1. The summed E-state index contributed by atoms with van der Waals surface area (Å²) in [6.45, 7) is 8.65. The molecule has 0 bridgehead atoms. The van der Waals surface area contributed by atoms with Crippen LogP contribution in [0.4, 0.5) is 16.3 Å². The number of rotatable bonds is 5. The third-order valence-electron chi connectivity index (χ3n) is 2.37. The second-order valence-electron chi connectivity index (χ2n) is 5.66. The molecule has 1 heterocycles. The van der Waals surface area contributed by atoms with Crippen molar-refractivity contribution < 1.29 is 9.53 Å². The van der Waals surface area contributed by atoms with Crippen molar-refractivity contribution in [1.82, 2.24) is 10.3 Å². The molecule has 6 nitrogen and oxygen atoms in total. The highest BCUT2D eigenvalue weighted by atomic mass is 16.6. The lowest BCUT2D eigenvalue weighted by Gasteiger charge is -2.19. The predicted octanol–water partition coefficient (Wildman–Crippen LogP) is 2.30. The van der Waals surface area contributed by atoms with E-state index < -0.39 is 11.7 Å². The van der Waals surface area contributed by atoms with Crippen molar-refractivity contribution >= 4 is 17.6 Å². The molecule has 0 radical (unpaired) electrons. The number of pyridine rings is 1. The molecule has 112 valence electrons. The first-order valence-corrected chi connectivity index (χ1v) is 6.71. The Balaban J connectivity index is 2.21. The number of amides is 1. The molecular weight excluding hydrogens is 256 g/mol. The smallest absolute Gasteiger partial charge is 0.407 e. The number of alkyl carbamates (subject to hydrolysis) is 1. The summed E-state index contributed by atoms with van der Waals surface area (Å²) in [4.78, 5) is 15.6. The fraction of sp³-hybridized carbons (Fsp3) is 0.571. The van der Waals surface area contributed by atoms with Crippen LogP contribution in [0.25, 0.3) is 0 Å². The lowest BCUT2D eigenvalue weighted by molar-refractivity contribution is 0.0528. The second-order valence-corrected chi connectivity index (χ2v) is 5.66. The fourth-order valence-electron chi connectivity index (χ4n) is 1.54. The van der Waals surface area contributed by atoms with Crippen LogP contribution in [0, 0.1) is 6.92 Å². The zero-order valence-corrected chi connectivity index (χ0v) is 12.6. The minimum Gasteiger partial charge on any atom is -0.444 e. The summed E-state index contributed by atoms with van der Waals surface area (Å²) in [5.74, 6) is 0.674. The van der Waals surface area contributed by atoms with Gasteiger partial charge in [-0.25, -0.2) is 9.78 Å². The third kappa shape index (κ3) is 6.26. The van der Waals surface area contributed by atoms with Crippen LogP contribution in [0.15, 0.2) is 12.3 Å². The number of aryl methyl sites for hydroxylation is 1. The van der Waals surface area contributed by atoms with Crippen LogP contribution in [0.1, 0.15) is 32.8 Å². The number of hydrogen-bond acceptors (Lipinski definition) is 5. The molecule has 0 fully saturated rings. The van der Waals surface area contributed by atoms with Crippen LogP contribution in [-0.2, 0) is 4.74 Å². The van der Waals surface area contributed by atoms with Crippen molar-refractivity contribution in [3.63, 3.8) is 0 Å². The van der Waals surface area contributed by atoms with E-state index in [0.29, 0.717) is 24.6 Å². The summed E-state index contributed by atoms with van der Waals surface area (Å²) in [5.41, 5.74) is 7.03. The quantitative estimate of drug-likeness (QED) is 0.720. The number of hydrogen-bond donors (Lipinski definition) is 3. The molecule has 6 heteroatoms. The van der Waals surface area contributed by atoms with E-state index in [1.807, 2.05) is 33.8 Å². The van der Waals surface area contributed by atoms with Crippen molar-refractivity contribution in [2.45, 2.75) is 39.7 Å². The van der Waals surface area contributed by atoms with E-state index in [2.05, 4.69) is 15.6 Å². The minimum atomic E-state index is -0.470. The van der Waals surface area contributed by atoms with Gasteiger partial charge >= 0.3 is 6.09 Å². The van der Waals surface area contributed by atoms with E-state index >= 15 is 0 Å². The number of aromatic nitrogens is 1. The van der Waals surface area contributed by atoms with Crippen molar-refractivity contribution in [3.8, 4) is 0 Å². The van der Waals surface area contributed by atoms with Crippen molar-refractivity contribution in [1.29, 1.82) is 0 Å². The van der Waals surface area contributed by atoms with Crippen LogP contribution in [0.2, 0.25) is 0 Å². The van der Waals surface area contributed by atoms with Gasteiger partial charge in [0, 0.05) is 19.3 Å². The number of carbonyl (C=O) groups excluding carboxylic acids is 1. The Morgan fingerprint density at radius 1 is 1.40 bits per heavy atom. The summed E-state index contributed by atoms with van der Waals surface area (Å²) < 4.78 is 5.13. The molecule has 1 aromatic rings. The summed E-state index contributed by atoms with van der Waals surface area (Å²) in [7, 11) is 0. The maximum Gasteiger partial charge on any atom is 0.407 e. The Morgan fingerprint density at radius 3 is 2.70 bits per heavy atom. The summed E-state index contributed by atoms with van der Waals surface area (Å²) in [6, 6.07) is 1.87. The molecule has 20 heavy (non-hydrogen) atoms. The number of nitrogens with two attached hydrogens (primary N) is 1. The number of nitrogen functional groups attached to an aromatic ring is 1. The van der Waals surface area contributed by atoms with Gasteiger partial charge in [0.15, 0.2) is 0 Å². The van der Waals surface area contributed by atoms with Gasteiger partial charge in [-0.05, 0) is 45.7 Å². The Bertz CT molecular complexity index is 455. The van der Waals surface area contributed by atoms with Gasteiger partial charge in [0.05, 0.1) is 5.69 Å². The second kappa shape index (κ2) is 6.98. The lowest BCUT2D eigenvalue weighted by Crippen LogP contribution is -2.33. The number of nitrogens with one attached hydrogen (secondary N) is 2. The van der Waals surface area contributed by atoms with E-state index in [1.165, 1.54) is 0 Å². The normalized spacial score (nSPS) is 11.0. The van der Waals surface area contributed by atoms with E-state index in [4.69, 9.17) is 10.5 Å². The molecule has 0 aliphatic rings. The van der Waals surface area contributed by atoms with Gasteiger partial charge in [-0.15, -0.1) is 0 Å². The van der Waals surface area contributed by atoms with E-state index in [9.17, 15) is 4.79 Å². The first-order chi connectivity index (χ1) is 9.28. The molecule has 0 unspecified atom stereocenters. The standard InChI is InChI=1S/C14H24N4O2/c1-10-8-11(15)12(18-9-10)16-6-5-7-17-13(19)20-14(2,3)4/h8-9H,5-7,15H2,1-4H3,(H,16,18)(H,17,19). The molecule has 1 aromatic heterocycles. The molecule has 0 atom stereocenters. The first kappa shape index (κ1) is 16.1. The van der Waals surface area contributed by atoms with Gasteiger partial charge in [-0.2, -0.15) is 0 Å². The molecule has 0 spiro atoms. The lowest BCUT2D eigenvalue weighted by atomic mass is 10.2. The van der Waals surface area contributed by atoms with E-state index in [0.717, 1.165) is 12.0 Å². The maximum atomic E-state index is 11.4. The average molecular weight is 280 g/mol. The van der Waals surface area contributed by atoms with Gasteiger partial charge in [0.25, 0.3) is 0 Å². The molecule has 0 aliphatic heterocycles. The molecule has 0 saturated heterocycles. The van der Waals surface area contributed by atoms with Crippen LogP contribution in [-0.4, -0.2) is 29.8 Å². The van der Waals surface area contributed by atoms with Crippen molar-refractivity contribution in [3.05, 3.63) is 17.8 Å². The van der Waals surface area contributed by atoms with Gasteiger partial charge in [-0.1, -0.05) is 0 Å². The largest absolute Gasteiger partial charge is 0.444 e. The zero-order chi connectivity index (χ0) is 15.2. The third-order valence-corrected chi connectivity index (χ3v) is 2.37. The van der Waals surface area contributed by atoms with Gasteiger partial charge < -0.3 is 21.1 Å². The number of carbonyl (C=O) groups is 1. The molecule has 0 saturated carbocycles. The topological polar surface area (TPSA) is 89.3 Å². The minimum absolute atomic E-state index is 0.398. The maximum absolute atomic E-state index is 11.4. The predicted molar refractivity (Wildman–Crippen MR) is 80.7 cm³/mol. The van der Waals surface area contributed by atoms with Crippen LogP contribution < -0.4 is 16.4 Å². The van der Waals surface area contributed by atoms with Crippen LogP contribution in [0.3, 0.4) is 0 Å². The van der Waals surface area contributed by atoms with Crippen molar-refractivity contribution in [2.24, 2.45) is 0 Å². The molecular formula is C14H24N4O2. The molecule has 1 rings (SSSR count). The molecule has 4 N–H and O–H groups in total. The molecule has 0 aromatic carbocycles. The van der Waals surface area contributed by atoms with E-state index in [-0.39, 0.29) is 0 Å². The first-order valence-electron chi connectivity index (χ1n) is 6.71. The molecule has 1 amide bonds. The summed E-state index contributed by atoms with van der Waals surface area (Å²) in [6.07, 6.45) is 2.12. The highest BCUT2D eigenvalue weighted by molar-refractivity contribution is 5.67. The van der Waals surface area contributed by atoms with Crippen LogP contribution in [0.5, 0.6) is 0 Å². The Labute approximate surface area is 120 Å². The van der Waals surface area contributed by atoms with Crippen LogP contribution >= 0.6 is 0 Å². The van der Waals surface area contributed by atoms with Gasteiger partial charge in [0.2, 0.25) is 0 Å². The van der Waals surface area contributed by atoms with Gasteiger partial charge in [0.1, 0.15) is 11.4 Å².